The second-order valence-electron chi connectivity index (χ2n) is 4.96. The fourth-order valence-electron chi connectivity index (χ4n) is 2.73. The molecule has 1 aromatic heterocycles. The van der Waals surface area contributed by atoms with Crippen LogP contribution in [0.3, 0.4) is 0 Å². The van der Waals surface area contributed by atoms with Crippen LogP contribution in [0.2, 0.25) is 0 Å². The molecule has 4 heteroatoms. The van der Waals surface area contributed by atoms with Crippen molar-refractivity contribution in [3.05, 3.63) is 53.1 Å². The molecule has 19 heavy (non-hydrogen) atoms. The van der Waals surface area contributed by atoms with E-state index in [9.17, 15) is 4.79 Å². The molecule has 0 atom stereocenters. The molecule has 3 rings (SSSR count). The lowest BCUT2D eigenvalue weighted by molar-refractivity contribution is 0.0994. The van der Waals surface area contributed by atoms with Crippen molar-refractivity contribution in [2.75, 3.05) is 0 Å². The number of fused-ring (bicyclic) bond motifs is 1. The third-order valence-electron chi connectivity index (χ3n) is 3.64. The third kappa shape index (κ3) is 2.26. The van der Waals surface area contributed by atoms with Gasteiger partial charge in [-0.3, -0.25) is 4.79 Å². The maximum Gasteiger partial charge on any atom is 0.269 e. The molecule has 98 valence electrons. The number of primary amides is 1. The fourth-order valence-corrected chi connectivity index (χ4v) is 2.73. The van der Waals surface area contributed by atoms with Crippen LogP contribution in [0.4, 0.5) is 0 Å². The standard InChI is InChI=1S/C15H17N3O/c16-15(19)14-12-8-4-5-9-18(12)13(17-14)10-11-6-2-1-3-7-11/h1-3,6-7H,4-5,8-10H2,(H2,16,19). The Kier molecular flexibility index (Phi) is 3.07. The maximum atomic E-state index is 11.5. The average Bonchev–Trinajstić information content (AvgIpc) is 2.79. The van der Waals surface area contributed by atoms with Gasteiger partial charge in [0, 0.05) is 13.0 Å². The molecule has 0 saturated heterocycles. The van der Waals surface area contributed by atoms with E-state index < -0.39 is 5.91 Å². The Bertz CT molecular complexity index is 601. The van der Waals surface area contributed by atoms with E-state index in [1.807, 2.05) is 18.2 Å². The van der Waals surface area contributed by atoms with Gasteiger partial charge in [-0.1, -0.05) is 30.3 Å². The predicted molar refractivity (Wildman–Crippen MR) is 72.9 cm³/mol. The Morgan fingerprint density at radius 1 is 1.26 bits per heavy atom. The molecule has 0 radical (unpaired) electrons. The zero-order valence-corrected chi connectivity index (χ0v) is 10.8. The Labute approximate surface area is 112 Å². The minimum absolute atomic E-state index is 0.412. The van der Waals surface area contributed by atoms with Crippen LogP contribution in [0.1, 0.15) is 40.4 Å². The van der Waals surface area contributed by atoms with Gasteiger partial charge < -0.3 is 10.3 Å². The van der Waals surface area contributed by atoms with Gasteiger partial charge in [-0.2, -0.15) is 0 Å². The van der Waals surface area contributed by atoms with Gasteiger partial charge >= 0.3 is 0 Å². The van der Waals surface area contributed by atoms with Gasteiger partial charge in [0.15, 0.2) is 0 Å². The zero-order chi connectivity index (χ0) is 13.2. The Morgan fingerprint density at radius 3 is 2.79 bits per heavy atom. The van der Waals surface area contributed by atoms with Crippen molar-refractivity contribution < 1.29 is 4.79 Å². The van der Waals surface area contributed by atoms with Crippen molar-refractivity contribution >= 4 is 5.91 Å². The van der Waals surface area contributed by atoms with Crippen LogP contribution < -0.4 is 5.73 Å². The summed E-state index contributed by atoms with van der Waals surface area (Å²) in [6.07, 6.45) is 3.90. The molecule has 2 heterocycles. The second kappa shape index (κ2) is 4.88. The molecular formula is C15H17N3O. The van der Waals surface area contributed by atoms with Gasteiger partial charge in [0.2, 0.25) is 0 Å². The van der Waals surface area contributed by atoms with E-state index in [1.165, 1.54) is 5.56 Å². The van der Waals surface area contributed by atoms with Crippen molar-refractivity contribution in [2.24, 2.45) is 5.73 Å². The molecule has 0 unspecified atom stereocenters. The summed E-state index contributed by atoms with van der Waals surface area (Å²) in [5, 5.41) is 0. The highest BCUT2D eigenvalue weighted by molar-refractivity contribution is 5.92. The summed E-state index contributed by atoms with van der Waals surface area (Å²) in [5.74, 6) is 0.541. The molecule has 1 aromatic carbocycles. The van der Waals surface area contributed by atoms with Crippen LogP contribution in [0.15, 0.2) is 30.3 Å². The Hall–Kier alpha value is -2.10. The van der Waals surface area contributed by atoms with Gasteiger partial charge in [-0.15, -0.1) is 0 Å². The number of carbonyl (C=O) groups is 1. The molecule has 0 fully saturated rings. The largest absolute Gasteiger partial charge is 0.364 e. The summed E-state index contributed by atoms with van der Waals surface area (Å²) in [6.45, 7) is 0.942. The van der Waals surface area contributed by atoms with Crippen LogP contribution in [-0.2, 0) is 19.4 Å². The lowest BCUT2D eigenvalue weighted by atomic mass is 10.1. The summed E-state index contributed by atoms with van der Waals surface area (Å²) < 4.78 is 2.18. The fraction of sp³-hybridized carbons (Fsp3) is 0.333. The van der Waals surface area contributed by atoms with Crippen molar-refractivity contribution in [3.63, 3.8) is 0 Å². The van der Waals surface area contributed by atoms with Gasteiger partial charge in [0.1, 0.15) is 11.5 Å². The first kappa shape index (κ1) is 12.0. The lowest BCUT2D eigenvalue weighted by Crippen LogP contribution is -2.18. The highest BCUT2D eigenvalue weighted by Crippen LogP contribution is 2.22. The van der Waals surface area contributed by atoms with Crippen molar-refractivity contribution in [2.45, 2.75) is 32.2 Å². The summed E-state index contributed by atoms with van der Waals surface area (Å²) in [6, 6.07) is 10.2. The van der Waals surface area contributed by atoms with Crippen LogP contribution >= 0.6 is 0 Å². The minimum Gasteiger partial charge on any atom is -0.364 e. The van der Waals surface area contributed by atoms with E-state index >= 15 is 0 Å². The molecule has 2 N–H and O–H groups in total. The first-order valence-electron chi connectivity index (χ1n) is 6.67. The molecule has 1 amide bonds. The molecule has 0 spiro atoms. The van der Waals surface area contributed by atoms with Crippen LogP contribution in [0.25, 0.3) is 0 Å². The van der Waals surface area contributed by atoms with Gasteiger partial charge in [0.25, 0.3) is 5.91 Å². The number of carbonyl (C=O) groups excluding carboxylic acids is 1. The third-order valence-corrected chi connectivity index (χ3v) is 3.64. The molecule has 0 bridgehead atoms. The van der Waals surface area contributed by atoms with E-state index in [1.54, 1.807) is 0 Å². The SMILES string of the molecule is NC(=O)c1nc(Cc2ccccc2)n2c1CCCC2. The summed E-state index contributed by atoms with van der Waals surface area (Å²) >= 11 is 0. The first-order valence-corrected chi connectivity index (χ1v) is 6.67. The van der Waals surface area contributed by atoms with Crippen LogP contribution in [-0.4, -0.2) is 15.5 Å². The van der Waals surface area contributed by atoms with Gasteiger partial charge in [0.05, 0.1) is 5.69 Å². The number of nitrogens with zero attached hydrogens (tertiary/aromatic N) is 2. The molecule has 0 aliphatic carbocycles. The lowest BCUT2D eigenvalue weighted by Gasteiger charge is -2.17. The average molecular weight is 255 g/mol. The van der Waals surface area contributed by atoms with Crippen molar-refractivity contribution in [3.8, 4) is 0 Å². The summed E-state index contributed by atoms with van der Waals surface area (Å²) in [5.41, 5.74) is 8.12. The van der Waals surface area contributed by atoms with Gasteiger partial charge in [-0.25, -0.2) is 4.98 Å². The molecule has 4 nitrogen and oxygen atoms in total. The van der Waals surface area contributed by atoms with Crippen molar-refractivity contribution in [1.82, 2.24) is 9.55 Å². The van der Waals surface area contributed by atoms with E-state index in [2.05, 4.69) is 21.7 Å². The number of amides is 1. The number of nitrogens with two attached hydrogens (primary N) is 1. The summed E-state index contributed by atoms with van der Waals surface area (Å²) in [7, 11) is 0. The second-order valence-corrected chi connectivity index (χ2v) is 4.96. The predicted octanol–water partition coefficient (Wildman–Crippen LogP) is 1.91. The quantitative estimate of drug-likeness (QED) is 0.910. The van der Waals surface area contributed by atoms with E-state index in [0.717, 1.165) is 43.7 Å². The topological polar surface area (TPSA) is 60.9 Å². The number of rotatable bonds is 3. The Balaban J connectivity index is 1.99. The number of imidazole rings is 1. The summed E-state index contributed by atoms with van der Waals surface area (Å²) in [4.78, 5) is 16.0. The number of aromatic nitrogens is 2. The number of hydrogen-bond donors (Lipinski definition) is 1. The minimum atomic E-state index is -0.412. The maximum absolute atomic E-state index is 11.5. The molecule has 1 aliphatic heterocycles. The molecule has 1 aliphatic rings. The van der Waals surface area contributed by atoms with E-state index in [4.69, 9.17) is 5.73 Å². The monoisotopic (exact) mass is 255 g/mol. The number of hydrogen-bond acceptors (Lipinski definition) is 2. The highest BCUT2D eigenvalue weighted by atomic mass is 16.1. The zero-order valence-electron chi connectivity index (χ0n) is 10.8. The van der Waals surface area contributed by atoms with Crippen LogP contribution in [0, 0.1) is 0 Å². The smallest absolute Gasteiger partial charge is 0.269 e. The molecule has 0 saturated carbocycles. The highest BCUT2D eigenvalue weighted by Gasteiger charge is 2.22. The van der Waals surface area contributed by atoms with Crippen molar-refractivity contribution in [1.29, 1.82) is 0 Å². The first-order chi connectivity index (χ1) is 9.25. The van der Waals surface area contributed by atoms with Crippen LogP contribution in [0.5, 0.6) is 0 Å². The normalized spacial score (nSPS) is 14.1. The Morgan fingerprint density at radius 2 is 2.05 bits per heavy atom. The molecular weight excluding hydrogens is 238 g/mol. The van der Waals surface area contributed by atoms with E-state index in [-0.39, 0.29) is 0 Å². The van der Waals surface area contributed by atoms with E-state index in [0.29, 0.717) is 5.69 Å². The van der Waals surface area contributed by atoms with Gasteiger partial charge in [-0.05, 0) is 24.8 Å². The number of benzene rings is 1. The molecule has 2 aromatic rings.